The number of hydrogen-bond acceptors (Lipinski definition) is 4. The fourth-order valence-corrected chi connectivity index (χ4v) is 2.69. The number of guanidine groups is 1. The topological polar surface area (TPSA) is 62.5 Å². The Bertz CT molecular complexity index is 562. The van der Waals surface area contributed by atoms with Crippen LogP contribution in [0.25, 0.3) is 0 Å². The van der Waals surface area contributed by atoms with Crippen molar-refractivity contribution in [1.29, 1.82) is 0 Å². The third-order valence-electron chi connectivity index (χ3n) is 3.11. The lowest BCUT2D eigenvalue weighted by Gasteiger charge is -2.11. The van der Waals surface area contributed by atoms with E-state index in [1.165, 1.54) is 4.88 Å². The molecule has 2 aromatic rings. The largest absolute Gasteiger partial charge is 0.469 e. The van der Waals surface area contributed by atoms with Crippen LogP contribution in [0.4, 0.5) is 0 Å². The van der Waals surface area contributed by atoms with Crippen LogP contribution in [-0.2, 0) is 19.4 Å². The standard InChI is InChI=1S/C16H24N4OS/c1-3-8-17-16(18-9-7-13-6-5-10-21-13)20-12-15-19-11-14(4-2)22-15/h5-6,10-11H,3-4,7-9,12H2,1-2H3,(H2,17,18,20). The van der Waals surface area contributed by atoms with Gasteiger partial charge in [0.05, 0.1) is 12.8 Å². The Labute approximate surface area is 135 Å². The summed E-state index contributed by atoms with van der Waals surface area (Å²) in [6, 6.07) is 3.90. The molecule has 22 heavy (non-hydrogen) atoms. The molecule has 5 nitrogen and oxygen atoms in total. The van der Waals surface area contributed by atoms with Crippen LogP contribution in [0.1, 0.15) is 35.9 Å². The van der Waals surface area contributed by atoms with E-state index < -0.39 is 0 Å². The van der Waals surface area contributed by atoms with Gasteiger partial charge >= 0.3 is 0 Å². The highest BCUT2D eigenvalue weighted by atomic mass is 32.1. The molecule has 0 aliphatic heterocycles. The summed E-state index contributed by atoms with van der Waals surface area (Å²) in [6.07, 6.45) is 6.59. The van der Waals surface area contributed by atoms with Gasteiger partial charge in [0, 0.05) is 30.6 Å². The molecular weight excluding hydrogens is 296 g/mol. The van der Waals surface area contributed by atoms with Gasteiger partial charge in [-0.15, -0.1) is 11.3 Å². The average Bonchev–Trinajstić information content (AvgIpc) is 3.20. The van der Waals surface area contributed by atoms with E-state index in [2.05, 4.69) is 34.5 Å². The molecule has 0 fully saturated rings. The van der Waals surface area contributed by atoms with Crippen molar-refractivity contribution in [1.82, 2.24) is 15.6 Å². The molecule has 0 aliphatic rings. The van der Waals surface area contributed by atoms with Crippen LogP contribution in [0, 0.1) is 0 Å². The summed E-state index contributed by atoms with van der Waals surface area (Å²) in [5, 5.41) is 7.72. The van der Waals surface area contributed by atoms with Gasteiger partial charge in [-0.3, -0.25) is 0 Å². The number of rotatable bonds is 8. The number of nitrogens with zero attached hydrogens (tertiary/aromatic N) is 2. The highest BCUT2D eigenvalue weighted by molar-refractivity contribution is 7.11. The molecular formula is C16H24N4OS. The first-order chi connectivity index (χ1) is 10.8. The second-order valence-electron chi connectivity index (χ2n) is 4.92. The number of aryl methyl sites for hydroxylation is 1. The molecule has 2 N–H and O–H groups in total. The Balaban J connectivity index is 1.84. The van der Waals surface area contributed by atoms with E-state index in [0.717, 1.165) is 49.1 Å². The molecule has 2 rings (SSSR count). The van der Waals surface area contributed by atoms with Crippen LogP contribution in [0.5, 0.6) is 0 Å². The molecule has 6 heteroatoms. The Morgan fingerprint density at radius 1 is 1.32 bits per heavy atom. The van der Waals surface area contributed by atoms with Gasteiger partial charge in [0.25, 0.3) is 0 Å². The van der Waals surface area contributed by atoms with E-state index in [9.17, 15) is 0 Å². The Hall–Kier alpha value is -1.82. The Kier molecular flexibility index (Phi) is 6.96. The molecule has 120 valence electrons. The van der Waals surface area contributed by atoms with Crippen molar-refractivity contribution < 1.29 is 4.42 Å². The SMILES string of the molecule is CCCNC(=NCc1ncc(CC)s1)NCCc1ccco1. The fraction of sp³-hybridized carbons (Fsp3) is 0.500. The maximum absolute atomic E-state index is 5.33. The van der Waals surface area contributed by atoms with Crippen LogP contribution in [0.15, 0.2) is 34.0 Å². The van der Waals surface area contributed by atoms with Crippen LogP contribution in [0.2, 0.25) is 0 Å². The molecule has 0 aliphatic carbocycles. The summed E-state index contributed by atoms with van der Waals surface area (Å²) in [7, 11) is 0. The van der Waals surface area contributed by atoms with E-state index >= 15 is 0 Å². The predicted molar refractivity (Wildman–Crippen MR) is 91.3 cm³/mol. The van der Waals surface area contributed by atoms with E-state index in [-0.39, 0.29) is 0 Å². The van der Waals surface area contributed by atoms with Gasteiger partial charge in [-0.05, 0) is 25.0 Å². The molecule has 0 spiro atoms. The number of aromatic nitrogens is 1. The van der Waals surface area contributed by atoms with Crippen LogP contribution in [-0.4, -0.2) is 24.0 Å². The molecule has 2 heterocycles. The maximum atomic E-state index is 5.33. The minimum Gasteiger partial charge on any atom is -0.469 e. The van der Waals surface area contributed by atoms with Gasteiger partial charge in [-0.1, -0.05) is 13.8 Å². The van der Waals surface area contributed by atoms with Crippen molar-refractivity contribution in [2.75, 3.05) is 13.1 Å². The van der Waals surface area contributed by atoms with Crippen molar-refractivity contribution in [2.24, 2.45) is 4.99 Å². The minimum atomic E-state index is 0.616. The van der Waals surface area contributed by atoms with Gasteiger partial charge < -0.3 is 15.1 Å². The Morgan fingerprint density at radius 3 is 2.86 bits per heavy atom. The smallest absolute Gasteiger partial charge is 0.191 e. The molecule has 0 atom stereocenters. The second kappa shape index (κ2) is 9.25. The first-order valence-electron chi connectivity index (χ1n) is 7.80. The average molecular weight is 320 g/mol. The molecule has 0 aromatic carbocycles. The van der Waals surface area contributed by atoms with Gasteiger partial charge in [0.1, 0.15) is 10.8 Å². The minimum absolute atomic E-state index is 0.616. The lowest BCUT2D eigenvalue weighted by atomic mass is 10.3. The summed E-state index contributed by atoms with van der Waals surface area (Å²) in [5.74, 6) is 1.82. The molecule has 0 unspecified atom stereocenters. The van der Waals surface area contributed by atoms with Gasteiger partial charge in [-0.2, -0.15) is 0 Å². The van der Waals surface area contributed by atoms with E-state index in [0.29, 0.717) is 6.54 Å². The normalized spacial score (nSPS) is 11.6. The Morgan fingerprint density at radius 2 is 2.18 bits per heavy atom. The first-order valence-corrected chi connectivity index (χ1v) is 8.61. The lowest BCUT2D eigenvalue weighted by molar-refractivity contribution is 0.506. The van der Waals surface area contributed by atoms with Crippen molar-refractivity contribution in [3.8, 4) is 0 Å². The lowest BCUT2D eigenvalue weighted by Crippen LogP contribution is -2.38. The van der Waals surface area contributed by atoms with E-state index in [4.69, 9.17) is 4.42 Å². The molecule has 0 bridgehead atoms. The van der Waals surface area contributed by atoms with E-state index in [1.54, 1.807) is 17.6 Å². The van der Waals surface area contributed by atoms with Crippen molar-refractivity contribution in [3.05, 3.63) is 40.2 Å². The number of aliphatic imine (C=N–C) groups is 1. The van der Waals surface area contributed by atoms with Crippen molar-refractivity contribution in [2.45, 2.75) is 39.7 Å². The summed E-state index contributed by atoms with van der Waals surface area (Å²) >= 11 is 1.73. The zero-order valence-corrected chi connectivity index (χ0v) is 14.1. The maximum Gasteiger partial charge on any atom is 0.191 e. The van der Waals surface area contributed by atoms with Crippen molar-refractivity contribution >= 4 is 17.3 Å². The fourth-order valence-electron chi connectivity index (χ4n) is 1.91. The first kappa shape index (κ1) is 16.5. The summed E-state index contributed by atoms with van der Waals surface area (Å²) in [6.45, 7) is 6.60. The third-order valence-corrected chi connectivity index (χ3v) is 4.24. The summed E-state index contributed by atoms with van der Waals surface area (Å²) in [4.78, 5) is 10.3. The highest BCUT2D eigenvalue weighted by Crippen LogP contribution is 2.13. The molecule has 2 aromatic heterocycles. The number of nitrogens with one attached hydrogen (secondary N) is 2. The zero-order valence-electron chi connectivity index (χ0n) is 13.3. The van der Waals surface area contributed by atoms with Gasteiger partial charge in [0.15, 0.2) is 5.96 Å². The quantitative estimate of drug-likeness (QED) is 0.580. The van der Waals surface area contributed by atoms with Gasteiger partial charge in [-0.25, -0.2) is 9.98 Å². The predicted octanol–water partition coefficient (Wildman–Crippen LogP) is 2.99. The van der Waals surface area contributed by atoms with E-state index in [1.807, 2.05) is 18.3 Å². The molecule has 0 amide bonds. The van der Waals surface area contributed by atoms with Crippen LogP contribution in [0.3, 0.4) is 0 Å². The zero-order chi connectivity index (χ0) is 15.6. The molecule has 0 saturated heterocycles. The van der Waals surface area contributed by atoms with Gasteiger partial charge in [0.2, 0.25) is 0 Å². The molecule has 0 radical (unpaired) electrons. The van der Waals surface area contributed by atoms with Crippen LogP contribution < -0.4 is 10.6 Å². The summed E-state index contributed by atoms with van der Waals surface area (Å²) in [5.41, 5.74) is 0. The third kappa shape index (κ3) is 5.52. The number of furan rings is 1. The van der Waals surface area contributed by atoms with Crippen molar-refractivity contribution in [3.63, 3.8) is 0 Å². The second-order valence-corrected chi connectivity index (χ2v) is 6.12. The number of thiazole rings is 1. The monoisotopic (exact) mass is 320 g/mol. The van der Waals surface area contributed by atoms with Crippen LogP contribution >= 0.6 is 11.3 Å². The molecule has 0 saturated carbocycles. The highest BCUT2D eigenvalue weighted by Gasteiger charge is 2.02. The number of hydrogen-bond donors (Lipinski definition) is 2. The summed E-state index contributed by atoms with van der Waals surface area (Å²) < 4.78 is 5.33.